The van der Waals surface area contributed by atoms with E-state index in [4.69, 9.17) is 0 Å². The van der Waals surface area contributed by atoms with Gasteiger partial charge in [-0.2, -0.15) is 0 Å². The number of carbonyl (C=O) groups is 3. The highest BCUT2D eigenvalue weighted by atomic mass is 16.3. The van der Waals surface area contributed by atoms with Crippen LogP contribution in [0.1, 0.15) is 34.3 Å². The van der Waals surface area contributed by atoms with E-state index >= 15 is 0 Å². The Hall–Kier alpha value is -4.13. The minimum Gasteiger partial charge on any atom is -0.372 e. The normalized spacial score (nSPS) is 16.0. The highest BCUT2D eigenvalue weighted by Crippen LogP contribution is 2.30. The molecule has 2 amide bonds. The van der Waals surface area contributed by atoms with Gasteiger partial charge in [0.05, 0.1) is 12.6 Å². The van der Waals surface area contributed by atoms with E-state index in [1.54, 1.807) is 66.7 Å². The number of nitrogens with one attached hydrogen (secondary N) is 1. The van der Waals surface area contributed by atoms with Crippen LogP contribution in [0.15, 0.2) is 103 Å². The smallest absolute Gasteiger partial charge is 0.267 e. The molecule has 1 aliphatic heterocycles. The van der Waals surface area contributed by atoms with Gasteiger partial charge in [-0.15, -0.1) is 0 Å². The summed E-state index contributed by atoms with van der Waals surface area (Å²) in [7, 11) is 0. The summed E-state index contributed by atoms with van der Waals surface area (Å²) in [5.74, 6) is -1.41. The number of hydrogen-bond donors (Lipinski definition) is 2. The van der Waals surface area contributed by atoms with Gasteiger partial charge >= 0.3 is 0 Å². The molecule has 1 aliphatic rings. The maximum Gasteiger partial charge on any atom is 0.267 e. The summed E-state index contributed by atoms with van der Waals surface area (Å²) in [5.41, 5.74) is -0.728. The van der Waals surface area contributed by atoms with E-state index in [0.717, 1.165) is 17.2 Å². The third-order valence-electron chi connectivity index (χ3n) is 7.03. The molecule has 0 aromatic heterocycles. The molecule has 0 saturated carbocycles. The van der Waals surface area contributed by atoms with Crippen LogP contribution < -0.4 is 5.32 Å². The maximum absolute atomic E-state index is 13.4. The summed E-state index contributed by atoms with van der Waals surface area (Å²) in [6.07, 6.45) is 1.26. The van der Waals surface area contributed by atoms with Gasteiger partial charge in [0.1, 0.15) is 0 Å². The number of ketones is 1. The molecule has 0 unspecified atom stereocenters. The number of likely N-dealkylation sites (tertiary alicyclic amines) is 1. The largest absolute Gasteiger partial charge is 0.372 e. The van der Waals surface area contributed by atoms with Crippen molar-refractivity contribution >= 4 is 28.4 Å². The number of hydrogen-bond acceptors (Lipinski definition) is 5. The topological polar surface area (TPSA) is 86.7 Å². The molecule has 0 aliphatic carbocycles. The van der Waals surface area contributed by atoms with Crippen LogP contribution in [0.4, 0.5) is 0 Å². The first-order valence-electron chi connectivity index (χ1n) is 12.4. The lowest BCUT2D eigenvalue weighted by Gasteiger charge is -2.29. The highest BCUT2D eigenvalue weighted by molar-refractivity contribution is 6.04. The Kier molecular flexibility index (Phi) is 6.95. The first kappa shape index (κ1) is 24.6. The van der Waals surface area contributed by atoms with Crippen molar-refractivity contribution in [3.05, 3.63) is 120 Å². The summed E-state index contributed by atoms with van der Waals surface area (Å²) in [6.45, 7) is 0.652. The Balaban J connectivity index is 1.33. The van der Waals surface area contributed by atoms with Gasteiger partial charge in [0, 0.05) is 5.56 Å². The fraction of sp³-hybridized carbons (Fsp3) is 0.194. The number of carbonyl (C=O) groups excluding carboxylic acids is 3. The van der Waals surface area contributed by atoms with Crippen molar-refractivity contribution in [1.29, 1.82) is 0 Å². The Morgan fingerprint density at radius 1 is 0.811 bits per heavy atom. The lowest BCUT2D eigenvalue weighted by molar-refractivity contribution is -0.142. The Labute approximate surface area is 215 Å². The molecule has 0 bridgehead atoms. The van der Waals surface area contributed by atoms with Crippen LogP contribution in [0.5, 0.6) is 0 Å². The molecule has 4 aromatic carbocycles. The van der Waals surface area contributed by atoms with Crippen LogP contribution in [0.25, 0.3) is 10.8 Å². The lowest BCUT2D eigenvalue weighted by Crippen LogP contribution is -2.53. The quantitative estimate of drug-likeness (QED) is 0.380. The van der Waals surface area contributed by atoms with E-state index in [0.29, 0.717) is 29.7 Å². The first-order valence-corrected chi connectivity index (χ1v) is 12.4. The van der Waals surface area contributed by atoms with Crippen molar-refractivity contribution in [3.63, 3.8) is 0 Å². The van der Waals surface area contributed by atoms with Crippen molar-refractivity contribution in [2.45, 2.75) is 24.5 Å². The van der Waals surface area contributed by atoms with E-state index in [9.17, 15) is 19.5 Å². The van der Waals surface area contributed by atoms with E-state index < -0.39 is 23.5 Å². The molecular weight excluding hydrogens is 464 g/mol. The molecule has 1 fully saturated rings. The summed E-state index contributed by atoms with van der Waals surface area (Å²) < 4.78 is 0. The molecule has 1 saturated heterocycles. The number of Topliss-reactive ketones (excluding diaryl/α,β-unsaturated/α-hetero) is 1. The number of nitrogens with zero attached hydrogens (tertiary/aromatic N) is 1. The van der Waals surface area contributed by atoms with E-state index in [2.05, 4.69) is 5.32 Å². The zero-order valence-corrected chi connectivity index (χ0v) is 20.3. The fourth-order valence-corrected chi connectivity index (χ4v) is 5.02. The van der Waals surface area contributed by atoms with Gasteiger partial charge in [-0.05, 0) is 47.4 Å². The second-order valence-corrected chi connectivity index (χ2v) is 9.37. The summed E-state index contributed by atoms with van der Waals surface area (Å²) >= 11 is 0. The number of benzene rings is 4. The molecule has 2 N–H and O–H groups in total. The number of rotatable bonds is 7. The maximum atomic E-state index is 13.4. The van der Waals surface area contributed by atoms with E-state index in [1.807, 2.05) is 41.3 Å². The molecule has 6 heteroatoms. The van der Waals surface area contributed by atoms with Crippen molar-refractivity contribution in [3.8, 4) is 0 Å². The van der Waals surface area contributed by atoms with Gasteiger partial charge in [-0.25, -0.2) is 0 Å². The first-order chi connectivity index (χ1) is 18.0. The second kappa shape index (κ2) is 10.5. The average molecular weight is 493 g/mol. The number of imide groups is 1. The van der Waals surface area contributed by atoms with Crippen molar-refractivity contribution in [2.75, 3.05) is 13.1 Å². The van der Waals surface area contributed by atoms with Gasteiger partial charge in [0.2, 0.25) is 5.91 Å². The predicted octanol–water partition coefficient (Wildman–Crippen LogP) is 4.07. The van der Waals surface area contributed by atoms with Gasteiger partial charge in [-0.1, -0.05) is 97.1 Å². The highest BCUT2D eigenvalue weighted by Gasteiger charge is 2.42. The van der Waals surface area contributed by atoms with Crippen LogP contribution in [-0.2, 0) is 15.2 Å². The monoisotopic (exact) mass is 492 g/mol. The predicted molar refractivity (Wildman–Crippen MR) is 142 cm³/mol. The third kappa shape index (κ3) is 4.94. The Morgan fingerprint density at radius 3 is 2.05 bits per heavy atom. The molecule has 0 radical (unpaired) electrons. The van der Waals surface area contributed by atoms with E-state index in [-0.39, 0.29) is 12.3 Å². The van der Waals surface area contributed by atoms with Crippen LogP contribution in [0, 0.1) is 0 Å². The molecule has 0 spiro atoms. The van der Waals surface area contributed by atoms with Gasteiger partial charge in [-0.3, -0.25) is 24.6 Å². The molecule has 186 valence electrons. The molecule has 1 atom stereocenters. The zero-order chi connectivity index (χ0) is 25.8. The van der Waals surface area contributed by atoms with Crippen molar-refractivity contribution in [1.82, 2.24) is 10.2 Å². The molecule has 5 rings (SSSR count). The SMILES string of the molecule is O=C(CN1CCC[C@H]1C(=O)NC(=O)C(O)(c1ccccc1)c1ccccc1)c1ccc2ccccc2c1. The Morgan fingerprint density at radius 2 is 1.41 bits per heavy atom. The number of aliphatic hydroxyl groups is 1. The van der Waals surface area contributed by atoms with Gasteiger partial charge in [0.15, 0.2) is 11.4 Å². The standard InChI is InChI=1S/C31H28N2O4/c34-28(24-18-17-22-10-7-8-11-23(22)20-24)21-33-19-9-16-27(33)29(35)32-30(36)31(37,25-12-3-1-4-13-25)26-14-5-2-6-15-26/h1-8,10-15,17-18,20,27,37H,9,16,19,21H2,(H,32,35,36)/t27-/m0/s1. The zero-order valence-electron chi connectivity index (χ0n) is 20.3. The minimum absolute atomic E-state index is 0.0757. The van der Waals surface area contributed by atoms with Crippen LogP contribution >= 0.6 is 0 Å². The molecular formula is C31H28N2O4. The molecule has 1 heterocycles. The second-order valence-electron chi connectivity index (χ2n) is 9.37. The third-order valence-corrected chi connectivity index (χ3v) is 7.03. The van der Waals surface area contributed by atoms with Crippen molar-refractivity contribution < 1.29 is 19.5 Å². The minimum atomic E-state index is -2.04. The Bertz CT molecular complexity index is 1400. The molecule has 37 heavy (non-hydrogen) atoms. The lowest BCUT2D eigenvalue weighted by atomic mass is 9.85. The molecule has 6 nitrogen and oxygen atoms in total. The van der Waals surface area contributed by atoms with Crippen LogP contribution in [0.3, 0.4) is 0 Å². The molecule has 4 aromatic rings. The number of fused-ring (bicyclic) bond motifs is 1. The van der Waals surface area contributed by atoms with Crippen molar-refractivity contribution in [2.24, 2.45) is 0 Å². The summed E-state index contributed by atoms with van der Waals surface area (Å²) in [4.78, 5) is 41.6. The summed E-state index contributed by atoms with van der Waals surface area (Å²) in [5, 5.41) is 16.1. The summed E-state index contributed by atoms with van der Waals surface area (Å²) in [6, 6.07) is 29.9. The average Bonchev–Trinajstić information content (AvgIpc) is 3.41. The fourth-order valence-electron chi connectivity index (χ4n) is 5.02. The van der Waals surface area contributed by atoms with Crippen LogP contribution in [0.2, 0.25) is 0 Å². The van der Waals surface area contributed by atoms with Gasteiger partial charge in [0.25, 0.3) is 5.91 Å². The van der Waals surface area contributed by atoms with E-state index in [1.165, 1.54) is 0 Å². The van der Waals surface area contributed by atoms with Gasteiger partial charge < -0.3 is 5.11 Å². The number of amides is 2. The van der Waals surface area contributed by atoms with Crippen LogP contribution in [-0.4, -0.2) is 46.7 Å².